The van der Waals surface area contributed by atoms with E-state index in [4.69, 9.17) is 0 Å². The Bertz CT molecular complexity index is 507. The molecule has 1 aromatic rings. The molecular formula is C17H24N2O2. The van der Waals surface area contributed by atoms with E-state index in [0.29, 0.717) is 6.54 Å². The molecule has 114 valence electrons. The molecule has 1 aliphatic rings. The fourth-order valence-electron chi connectivity index (χ4n) is 2.63. The fraction of sp³-hybridized carbons (Fsp3) is 0.529. The molecule has 4 heteroatoms. The molecule has 0 aromatic heterocycles. The number of hydrogen-bond donors (Lipinski definition) is 2. The molecule has 1 fully saturated rings. The van der Waals surface area contributed by atoms with Crippen molar-refractivity contribution in [2.45, 2.75) is 45.1 Å². The van der Waals surface area contributed by atoms with Crippen molar-refractivity contribution in [1.29, 1.82) is 0 Å². The zero-order valence-corrected chi connectivity index (χ0v) is 13.0. The second-order valence-electron chi connectivity index (χ2n) is 6.29. The first-order chi connectivity index (χ1) is 9.94. The SMILES string of the molecule is CC(=O)N[C@@H](C(=O)NCC1(c2ccccc2)CC1)C(C)C. The molecule has 21 heavy (non-hydrogen) atoms. The zero-order valence-electron chi connectivity index (χ0n) is 13.0. The van der Waals surface area contributed by atoms with Crippen LogP contribution in [0.3, 0.4) is 0 Å². The van der Waals surface area contributed by atoms with Gasteiger partial charge >= 0.3 is 0 Å². The Morgan fingerprint density at radius 1 is 1.19 bits per heavy atom. The molecule has 0 heterocycles. The molecule has 2 amide bonds. The number of amides is 2. The van der Waals surface area contributed by atoms with Crippen LogP contribution in [0.2, 0.25) is 0 Å². The summed E-state index contributed by atoms with van der Waals surface area (Å²) in [6.07, 6.45) is 2.20. The molecule has 0 saturated heterocycles. The van der Waals surface area contributed by atoms with Gasteiger partial charge in [0.2, 0.25) is 11.8 Å². The topological polar surface area (TPSA) is 58.2 Å². The second kappa shape index (κ2) is 6.29. The smallest absolute Gasteiger partial charge is 0.242 e. The maximum Gasteiger partial charge on any atom is 0.242 e. The summed E-state index contributed by atoms with van der Waals surface area (Å²) in [7, 11) is 0. The normalized spacial score (nSPS) is 17.1. The van der Waals surface area contributed by atoms with Crippen molar-refractivity contribution in [3.8, 4) is 0 Å². The van der Waals surface area contributed by atoms with Crippen LogP contribution < -0.4 is 10.6 Å². The van der Waals surface area contributed by atoms with Crippen LogP contribution in [0.4, 0.5) is 0 Å². The lowest BCUT2D eigenvalue weighted by Gasteiger charge is -2.23. The zero-order chi connectivity index (χ0) is 15.5. The standard InChI is InChI=1S/C17H24N2O2/c1-12(2)15(19-13(3)20)16(21)18-11-17(9-10-17)14-7-5-4-6-8-14/h4-8,12,15H,9-11H2,1-3H3,(H,18,21)(H,19,20)/t15-/m1/s1. The lowest BCUT2D eigenvalue weighted by Crippen LogP contribution is -2.50. The molecular weight excluding hydrogens is 264 g/mol. The van der Waals surface area contributed by atoms with Gasteiger partial charge in [0, 0.05) is 18.9 Å². The van der Waals surface area contributed by atoms with Crippen molar-refractivity contribution in [3.63, 3.8) is 0 Å². The van der Waals surface area contributed by atoms with Crippen LogP contribution in [0.15, 0.2) is 30.3 Å². The van der Waals surface area contributed by atoms with Crippen LogP contribution >= 0.6 is 0 Å². The number of carbonyl (C=O) groups is 2. The van der Waals surface area contributed by atoms with E-state index in [2.05, 4.69) is 22.8 Å². The third-order valence-electron chi connectivity index (χ3n) is 4.15. The Kier molecular flexibility index (Phi) is 4.66. The van der Waals surface area contributed by atoms with E-state index < -0.39 is 6.04 Å². The summed E-state index contributed by atoms with van der Waals surface area (Å²) in [5.74, 6) is -0.198. The van der Waals surface area contributed by atoms with Crippen molar-refractivity contribution in [1.82, 2.24) is 10.6 Å². The largest absolute Gasteiger partial charge is 0.353 e. The first-order valence-electron chi connectivity index (χ1n) is 7.55. The molecule has 0 unspecified atom stereocenters. The highest BCUT2D eigenvalue weighted by Crippen LogP contribution is 2.47. The summed E-state index contributed by atoms with van der Waals surface area (Å²) in [4.78, 5) is 23.5. The average molecular weight is 288 g/mol. The van der Waals surface area contributed by atoms with E-state index in [1.807, 2.05) is 32.0 Å². The van der Waals surface area contributed by atoms with E-state index in [1.54, 1.807) is 0 Å². The average Bonchev–Trinajstić information content (AvgIpc) is 3.24. The van der Waals surface area contributed by atoms with Crippen molar-refractivity contribution < 1.29 is 9.59 Å². The lowest BCUT2D eigenvalue weighted by molar-refractivity contribution is -0.129. The summed E-state index contributed by atoms with van der Waals surface area (Å²) < 4.78 is 0. The minimum absolute atomic E-state index is 0.0702. The van der Waals surface area contributed by atoms with Gasteiger partial charge in [0.25, 0.3) is 0 Å². The van der Waals surface area contributed by atoms with Crippen LogP contribution in [0, 0.1) is 5.92 Å². The van der Waals surface area contributed by atoms with Gasteiger partial charge in [0.05, 0.1) is 0 Å². The molecule has 4 nitrogen and oxygen atoms in total. The van der Waals surface area contributed by atoms with Crippen molar-refractivity contribution >= 4 is 11.8 Å². The predicted octanol–water partition coefficient (Wildman–Crippen LogP) is 2.00. The summed E-state index contributed by atoms with van der Waals surface area (Å²) in [5.41, 5.74) is 1.38. The molecule has 0 aliphatic heterocycles. The summed E-state index contributed by atoms with van der Waals surface area (Å²) in [5, 5.41) is 5.74. The van der Waals surface area contributed by atoms with Crippen LogP contribution in [0.5, 0.6) is 0 Å². The van der Waals surface area contributed by atoms with E-state index in [-0.39, 0.29) is 23.1 Å². The van der Waals surface area contributed by atoms with Crippen molar-refractivity contribution in [3.05, 3.63) is 35.9 Å². The molecule has 1 aromatic carbocycles. The Hall–Kier alpha value is -1.84. The highest BCUT2D eigenvalue weighted by molar-refractivity contribution is 5.87. The minimum Gasteiger partial charge on any atom is -0.353 e. The van der Waals surface area contributed by atoms with Gasteiger partial charge in [0.1, 0.15) is 6.04 Å². The summed E-state index contributed by atoms with van der Waals surface area (Å²) >= 11 is 0. The van der Waals surface area contributed by atoms with Gasteiger partial charge in [-0.3, -0.25) is 9.59 Å². The monoisotopic (exact) mass is 288 g/mol. The van der Waals surface area contributed by atoms with Gasteiger partial charge in [0.15, 0.2) is 0 Å². The first-order valence-corrected chi connectivity index (χ1v) is 7.55. The molecule has 1 aliphatic carbocycles. The molecule has 1 saturated carbocycles. The third-order valence-corrected chi connectivity index (χ3v) is 4.15. The minimum atomic E-state index is -0.464. The fourth-order valence-corrected chi connectivity index (χ4v) is 2.63. The van der Waals surface area contributed by atoms with Gasteiger partial charge in [-0.25, -0.2) is 0 Å². The molecule has 1 atom stereocenters. The van der Waals surface area contributed by atoms with Gasteiger partial charge in [-0.05, 0) is 24.3 Å². The second-order valence-corrected chi connectivity index (χ2v) is 6.29. The third kappa shape index (κ3) is 3.84. The van der Waals surface area contributed by atoms with Crippen molar-refractivity contribution in [2.24, 2.45) is 5.92 Å². The first kappa shape index (κ1) is 15.5. The Morgan fingerprint density at radius 3 is 2.29 bits per heavy atom. The highest BCUT2D eigenvalue weighted by Gasteiger charge is 2.44. The van der Waals surface area contributed by atoms with Gasteiger partial charge in [-0.2, -0.15) is 0 Å². The molecule has 0 radical (unpaired) electrons. The number of benzene rings is 1. The van der Waals surface area contributed by atoms with Crippen molar-refractivity contribution in [2.75, 3.05) is 6.54 Å². The Balaban J connectivity index is 1.96. The van der Waals surface area contributed by atoms with E-state index in [1.165, 1.54) is 12.5 Å². The maximum atomic E-state index is 12.3. The number of rotatable bonds is 6. The molecule has 2 N–H and O–H groups in total. The van der Waals surface area contributed by atoms with E-state index in [0.717, 1.165) is 12.8 Å². The highest BCUT2D eigenvalue weighted by atomic mass is 16.2. The van der Waals surface area contributed by atoms with Crippen LogP contribution in [0.1, 0.15) is 39.2 Å². The van der Waals surface area contributed by atoms with Crippen LogP contribution in [0.25, 0.3) is 0 Å². The molecule has 2 rings (SSSR count). The van der Waals surface area contributed by atoms with Crippen LogP contribution in [-0.4, -0.2) is 24.4 Å². The number of hydrogen-bond acceptors (Lipinski definition) is 2. The Morgan fingerprint density at radius 2 is 1.81 bits per heavy atom. The summed E-state index contributed by atoms with van der Waals surface area (Å²) in [6, 6.07) is 9.84. The lowest BCUT2D eigenvalue weighted by atomic mass is 9.95. The maximum absolute atomic E-state index is 12.3. The Labute approximate surface area is 126 Å². The molecule has 0 spiro atoms. The number of carbonyl (C=O) groups excluding carboxylic acids is 2. The van der Waals surface area contributed by atoms with Crippen LogP contribution in [-0.2, 0) is 15.0 Å². The van der Waals surface area contributed by atoms with E-state index in [9.17, 15) is 9.59 Å². The van der Waals surface area contributed by atoms with Gasteiger partial charge < -0.3 is 10.6 Å². The number of nitrogens with one attached hydrogen (secondary N) is 2. The van der Waals surface area contributed by atoms with Gasteiger partial charge in [-0.15, -0.1) is 0 Å². The molecule has 0 bridgehead atoms. The summed E-state index contributed by atoms with van der Waals surface area (Å²) in [6.45, 7) is 5.95. The quantitative estimate of drug-likeness (QED) is 0.841. The predicted molar refractivity (Wildman–Crippen MR) is 82.8 cm³/mol. The van der Waals surface area contributed by atoms with E-state index >= 15 is 0 Å². The van der Waals surface area contributed by atoms with Gasteiger partial charge in [-0.1, -0.05) is 44.2 Å².